The molecule has 4 heteroatoms. The molecule has 150 valence electrons. The smallest absolute Gasteiger partial charge is 0.295 e. The van der Waals surface area contributed by atoms with Gasteiger partial charge in [0.15, 0.2) is 5.58 Å². The molecule has 27 heavy (non-hydrogen) atoms. The van der Waals surface area contributed by atoms with Crippen LogP contribution in [0.15, 0.2) is 22.6 Å². The molecule has 2 N–H and O–H groups in total. The molecule has 1 aliphatic rings. The van der Waals surface area contributed by atoms with Crippen molar-refractivity contribution in [2.24, 2.45) is 5.92 Å². The fraction of sp³-hybridized carbons (Fsp3) is 0.696. The molecule has 1 fully saturated rings. The van der Waals surface area contributed by atoms with Crippen molar-refractivity contribution in [1.29, 1.82) is 0 Å². The number of hydrogen-bond donors (Lipinski definition) is 2. The molecule has 2 heterocycles. The van der Waals surface area contributed by atoms with E-state index in [0.29, 0.717) is 11.9 Å². The molecule has 0 aliphatic carbocycles. The number of anilines is 1. The molecule has 1 aromatic carbocycles. The summed E-state index contributed by atoms with van der Waals surface area (Å²) in [5, 5.41) is 6.76. The second-order valence-corrected chi connectivity index (χ2v) is 8.14. The molecule has 4 nitrogen and oxygen atoms in total. The van der Waals surface area contributed by atoms with Crippen LogP contribution in [0.2, 0.25) is 0 Å². The highest BCUT2D eigenvalue weighted by Crippen LogP contribution is 2.22. The summed E-state index contributed by atoms with van der Waals surface area (Å²) in [5.74, 6) is 0.683. The zero-order valence-corrected chi connectivity index (χ0v) is 17.1. The summed E-state index contributed by atoms with van der Waals surface area (Å²) in [5.41, 5.74) is 3.25. The molecule has 0 saturated carbocycles. The average Bonchev–Trinajstić information content (AvgIpc) is 3.34. The molecular formula is C23H37N3O. The minimum Gasteiger partial charge on any atom is -0.424 e. The first-order valence-electron chi connectivity index (χ1n) is 11.2. The van der Waals surface area contributed by atoms with Crippen LogP contribution >= 0.6 is 0 Å². The van der Waals surface area contributed by atoms with Gasteiger partial charge < -0.3 is 15.1 Å². The maximum Gasteiger partial charge on any atom is 0.295 e. The van der Waals surface area contributed by atoms with Gasteiger partial charge in [0.2, 0.25) is 0 Å². The highest BCUT2D eigenvalue weighted by Gasteiger charge is 2.15. The lowest BCUT2D eigenvalue weighted by atomic mass is 10.0. The lowest BCUT2D eigenvalue weighted by molar-refractivity contribution is 0.565. The Labute approximate surface area is 164 Å². The minimum absolute atomic E-state index is 0.664. The first-order valence-corrected chi connectivity index (χ1v) is 11.2. The number of nitrogens with zero attached hydrogens (tertiary/aromatic N) is 1. The van der Waals surface area contributed by atoms with Gasteiger partial charge in [-0.2, -0.15) is 4.98 Å². The number of unbranched alkanes of at least 4 members (excludes halogenated alkanes) is 8. The fourth-order valence-electron chi connectivity index (χ4n) is 3.96. The van der Waals surface area contributed by atoms with Crippen molar-refractivity contribution < 1.29 is 4.42 Å². The van der Waals surface area contributed by atoms with Gasteiger partial charge in [0.1, 0.15) is 5.52 Å². The summed E-state index contributed by atoms with van der Waals surface area (Å²) in [4.78, 5) is 4.63. The van der Waals surface area contributed by atoms with Crippen molar-refractivity contribution in [2.45, 2.75) is 77.6 Å². The topological polar surface area (TPSA) is 50.1 Å². The summed E-state index contributed by atoms with van der Waals surface area (Å²) < 4.78 is 5.84. The number of nitrogens with one attached hydrogen (secondary N) is 2. The monoisotopic (exact) mass is 371 g/mol. The Hall–Kier alpha value is -1.55. The van der Waals surface area contributed by atoms with E-state index in [9.17, 15) is 0 Å². The van der Waals surface area contributed by atoms with Gasteiger partial charge in [-0.05, 0) is 56.0 Å². The molecule has 0 unspecified atom stereocenters. The van der Waals surface area contributed by atoms with Crippen LogP contribution in [0.3, 0.4) is 0 Å². The second kappa shape index (κ2) is 11.3. The van der Waals surface area contributed by atoms with E-state index >= 15 is 0 Å². The Morgan fingerprint density at radius 3 is 2.59 bits per heavy atom. The van der Waals surface area contributed by atoms with Crippen molar-refractivity contribution in [1.82, 2.24) is 10.3 Å². The molecule has 1 atom stereocenters. The van der Waals surface area contributed by atoms with E-state index in [1.807, 2.05) is 0 Å². The zero-order chi connectivity index (χ0) is 18.7. The Morgan fingerprint density at radius 2 is 1.85 bits per heavy atom. The largest absolute Gasteiger partial charge is 0.424 e. The molecule has 0 spiro atoms. The van der Waals surface area contributed by atoms with Crippen LogP contribution < -0.4 is 10.6 Å². The van der Waals surface area contributed by atoms with Crippen LogP contribution in [0.1, 0.15) is 76.7 Å². The van der Waals surface area contributed by atoms with E-state index in [4.69, 9.17) is 4.42 Å². The van der Waals surface area contributed by atoms with E-state index in [1.165, 1.54) is 69.8 Å². The van der Waals surface area contributed by atoms with Gasteiger partial charge in [0.05, 0.1) is 0 Å². The number of rotatable bonds is 13. The minimum atomic E-state index is 0.664. The van der Waals surface area contributed by atoms with Gasteiger partial charge >= 0.3 is 0 Å². The highest BCUT2D eigenvalue weighted by molar-refractivity contribution is 5.75. The Kier molecular flexibility index (Phi) is 8.47. The van der Waals surface area contributed by atoms with Crippen LogP contribution in [0.5, 0.6) is 0 Å². The lowest BCUT2D eigenvalue weighted by Gasteiger charge is -2.07. The quantitative estimate of drug-likeness (QED) is 0.429. The number of aromatic nitrogens is 1. The molecule has 0 amide bonds. The van der Waals surface area contributed by atoms with Crippen LogP contribution in [0.4, 0.5) is 6.01 Å². The summed E-state index contributed by atoms with van der Waals surface area (Å²) >= 11 is 0. The number of aryl methyl sites for hydroxylation is 1. The number of hydrogen-bond acceptors (Lipinski definition) is 4. The van der Waals surface area contributed by atoms with Gasteiger partial charge in [0, 0.05) is 6.54 Å². The van der Waals surface area contributed by atoms with Gasteiger partial charge in [-0.15, -0.1) is 0 Å². The Balaban J connectivity index is 1.35. The lowest BCUT2D eigenvalue weighted by Crippen LogP contribution is -2.17. The molecule has 2 aromatic rings. The molecular weight excluding hydrogens is 334 g/mol. The van der Waals surface area contributed by atoms with Crippen LogP contribution in [-0.4, -0.2) is 24.6 Å². The third-order valence-electron chi connectivity index (χ3n) is 5.73. The third kappa shape index (κ3) is 6.84. The van der Waals surface area contributed by atoms with E-state index < -0.39 is 0 Å². The van der Waals surface area contributed by atoms with Crippen molar-refractivity contribution in [3.8, 4) is 0 Å². The Bertz CT molecular complexity index is 661. The summed E-state index contributed by atoms with van der Waals surface area (Å²) in [6.45, 7) is 5.44. The first-order chi connectivity index (χ1) is 13.3. The predicted octanol–water partition coefficient (Wildman–Crippen LogP) is 5.92. The van der Waals surface area contributed by atoms with Crippen LogP contribution in [0, 0.1) is 5.92 Å². The molecule has 0 radical (unpaired) electrons. The van der Waals surface area contributed by atoms with Crippen LogP contribution in [0.25, 0.3) is 11.1 Å². The van der Waals surface area contributed by atoms with Crippen molar-refractivity contribution in [3.05, 3.63) is 23.8 Å². The van der Waals surface area contributed by atoms with Gasteiger partial charge in [-0.25, -0.2) is 0 Å². The normalized spacial score (nSPS) is 17.0. The molecule has 1 saturated heterocycles. The van der Waals surface area contributed by atoms with Gasteiger partial charge in [0.25, 0.3) is 6.01 Å². The number of fused-ring (bicyclic) bond motifs is 1. The average molecular weight is 372 g/mol. The Morgan fingerprint density at radius 1 is 1.07 bits per heavy atom. The fourth-order valence-corrected chi connectivity index (χ4v) is 3.96. The summed E-state index contributed by atoms with van der Waals surface area (Å²) in [6.07, 6.45) is 14.8. The number of oxazole rings is 1. The molecule has 1 aromatic heterocycles. The summed E-state index contributed by atoms with van der Waals surface area (Å²) in [6, 6.07) is 7.14. The van der Waals surface area contributed by atoms with Gasteiger partial charge in [-0.3, -0.25) is 0 Å². The van der Waals surface area contributed by atoms with Crippen molar-refractivity contribution in [3.63, 3.8) is 0 Å². The molecule has 0 bridgehead atoms. The molecule has 1 aliphatic heterocycles. The maximum absolute atomic E-state index is 5.84. The van der Waals surface area contributed by atoms with E-state index in [1.54, 1.807) is 0 Å². The third-order valence-corrected chi connectivity index (χ3v) is 5.73. The van der Waals surface area contributed by atoms with Crippen molar-refractivity contribution >= 4 is 17.1 Å². The van der Waals surface area contributed by atoms with E-state index in [0.717, 1.165) is 37.2 Å². The van der Waals surface area contributed by atoms with Crippen LogP contribution in [-0.2, 0) is 6.42 Å². The first kappa shape index (κ1) is 20.2. The highest BCUT2D eigenvalue weighted by atomic mass is 16.4. The SMILES string of the molecule is CCCCCCCCCCCc1ccc2oc(NC[C@H]3CCNC3)nc2c1. The predicted molar refractivity (Wildman–Crippen MR) is 114 cm³/mol. The maximum atomic E-state index is 5.84. The van der Waals surface area contributed by atoms with E-state index in [-0.39, 0.29) is 0 Å². The number of benzene rings is 1. The van der Waals surface area contributed by atoms with Crippen molar-refractivity contribution in [2.75, 3.05) is 25.0 Å². The standard InChI is InChI=1S/C23H37N3O/c1-2-3-4-5-6-7-8-9-10-11-19-12-13-22-21(16-19)26-23(27-22)25-18-20-14-15-24-17-20/h12-13,16,20,24H,2-11,14-15,17-18H2,1H3,(H,25,26)/t20-/m0/s1. The zero-order valence-electron chi connectivity index (χ0n) is 17.1. The van der Waals surface area contributed by atoms with E-state index in [2.05, 4.69) is 40.7 Å². The molecule has 3 rings (SSSR count). The summed E-state index contributed by atoms with van der Waals surface area (Å²) in [7, 11) is 0. The van der Waals surface area contributed by atoms with Gasteiger partial charge in [-0.1, -0.05) is 64.4 Å². The second-order valence-electron chi connectivity index (χ2n) is 8.14.